The summed E-state index contributed by atoms with van der Waals surface area (Å²) in [5.41, 5.74) is 7.10. The Morgan fingerprint density at radius 1 is 1.56 bits per heavy atom. The van der Waals surface area contributed by atoms with Crippen LogP contribution in [0.15, 0.2) is 24.4 Å². The van der Waals surface area contributed by atoms with Crippen LogP contribution in [0.2, 0.25) is 0 Å². The van der Waals surface area contributed by atoms with Crippen LogP contribution < -0.4 is 11.1 Å². The van der Waals surface area contributed by atoms with E-state index < -0.39 is 5.97 Å². The largest absolute Gasteiger partial charge is 0.478 e. The van der Waals surface area contributed by atoms with Crippen molar-refractivity contribution in [2.24, 2.45) is 0 Å². The van der Waals surface area contributed by atoms with Gasteiger partial charge in [0, 0.05) is 11.1 Å². The van der Waals surface area contributed by atoms with Crippen molar-refractivity contribution in [1.29, 1.82) is 0 Å². The van der Waals surface area contributed by atoms with E-state index in [1.807, 2.05) is 13.1 Å². The maximum Gasteiger partial charge on any atom is 0.335 e. The van der Waals surface area contributed by atoms with Crippen molar-refractivity contribution >= 4 is 28.7 Å². The number of carboxylic acid groups (broad SMARTS) is 1. The Bertz CT molecular complexity index is 580. The second-order valence-corrected chi connectivity index (χ2v) is 5.14. The number of hydrogen-bond donors (Lipinski definition) is 3. The van der Waals surface area contributed by atoms with Gasteiger partial charge >= 0.3 is 5.97 Å². The monoisotopic (exact) mass is 263 g/mol. The first-order valence-electron chi connectivity index (χ1n) is 5.34. The first kappa shape index (κ1) is 12.4. The van der Waals surface area contributed by atoms with Crippen LogP contribution >= 0.6 is 11.3 Å². The molecule has 1 aromatic heterocycles. The molecule has 0 saturated heterocycles. The lowest BCUT2D eigenvalue weighted by molar-refractivity contribution is 0.0697. The summed E-state index contributed by atoms with van der Waals surface area (Å²) in [6, 6.07) is 4.63. The topological polar surface area (TPSA) is 88.2 Å². The molecule has 0 saturated carbocycles. The van der Waals surface area contributed by atoms with E-state index in [0.29, 0.717) is 17.9 Å². The third kappa shape index (κ3) is 2.78. The van der Waals surface area contributed by atoms with E-state index in [1.165, 1.54) is 12.1 Å². The number of carbonyl (C=O) groups is 1. The number of aromatic nitrogens is 1. The smallest absolute Gasteiger partial charge is 0.335 e. The number of benzene rings is 1. The third-order valence-electron chi connectivity index (χ3n) is 2.40. The summed E-state index contributed by atoms with van der Waals surface area (Å²) in [6.45, 7) is 2.58. The quantitative estimate of drug-likeness (QED) is 0.737. The van der Waals surface area contributed by atoms with Crippen molar-refractivity contribution in [1.82, 2.24) is 4.98 Å². The normalized spacial score (nSPS) is 10.3. The number of carboxylic acids is 1. The Kier molecular flexibility index (Phi) is 3.47. The van der Waals surface area contributed by atoms with E-state index in [0.717, 1.165) is 9.88 Å². The molecule has 0 aliphatic heterocycles. The Morgan fingerprint density at radius 2 is 2.33 bits per heavy atom. The van der Waals surface area contributed by atoms with E-state index in [4.69, 9.17) is 10.8 Å². The molecule has 5 nitrogen and oxygen atoms in total. The molecule has 6 heteroatoms. The van der Waals surface area contributed by atoms with Crippen molar-refractivity contribution in [3.8, 4) is 0 Å². The van der Waals surface area contributed by atoms with Crippen LogP contribution in [0.3, 0.4) is 0 Å². The van der Waals surface area contributed by atoms with Gasteiger partial charge in [0.15, 0.2) is 0 Å². The number of anilines is 2. The second kappa shape index (κ2) is 5.05. The number of nitrogens with two attached hydrogens (primary N) is 1. The van der Waals surface area contributed by atoms with E-state index in [-0.39, 0.29) is 5.56 Å². The zero-order chi connectivity index (χ0) is 13.1. The summed E-state index contributed by atoms with van der Waals surface area (Å²) in [5.74, 6) is -0.983. The van der Waals surface area contributed by atoms with Crippen LogP contribution in [0.4, 0.5) is 11.4 Å². The van der Waals surface area contributed by atoms with Crippen molar-refractivity contribution in [2.75, 3.05) is 11.1 Å². The maximum atomic E-state index is 10.8. The molecular formula is C12H13N3O2S. The molecule has 1 heterocycles. The van der Waals surface area contributed by atoms with Gasteiger partial charge in [0.2, 0.25) is 0 Å². The van der Waals surface area contributed by atoms with Gasteiger partial charge in [0.05, 0.1) is 23.5 Å². The average molecular weight is 263 g/mol. The molecule has 0 bridgehead atoms. The highest BCUT2D eigenvalue weighted by atomic mass is 32.1. The van der Waals surface area contributed by atoms with Gasteiger partial charge in [-0.25, -0.2) is 9.78 Å². The van der Waals surface area contributed by atoms with Gasteiger partial charge in [0.1, 0.15) is 5.01 Å². The summed E-state index contributed by atoms with van der Waals surface area (Å²) in [6.07, 6.45) is 1.82. The molecular weight excluding hydrogens is 250 g/mol. The number of aromatic carboxylic acids is 1. The van der Waals surface area contributed by atoms with Gasteiger partial charge < -0.3 is 16.2 Å². The summed E-state index contributed by atoms with van der Waals surface area (Å²) in [5, 5.41) is 12.9. The van der Waals surface area contributed by atoms with Gasteiger partial charge in [-0.2, -0.15) is 0 Å². The van der Waals surface area contributed by atoms with Crippen molar-refractivity contribution in [3.05, 3.63) is 39.8 Å². The minimum Gasteiger partial charge on any atom is -0.478 e. The van der Waals surface area contributed by atoms with E-state index in [9.17, 15) is 4.79 Å². The Morgan fingerprint density at radius 3 is 2.89 bits per heavy atom. The number of nitrogens with zero attached hydrogens (tertiary/aromatic N) is 1. The van der Waals surface area contributed by atoms with E-state index in [1.54, 1.807) is 17.4 Å². The zero-order valence-corrected chi connectivity index (χ0v) is 10.6. The lowest BCUT2D eigenvalue weighted by Crippen LogP contribution is -2.04. The summed E-state index contributed by atoms with van der Waals surface area (Å²) in [7, 11) is 0. The summed E-state index contributed by atoms with van der Waals surface area (Å²) >= 11 is 1.61. The highest BCUT2D eigenvalue weighted by Crippen LogP contribution is 2.21. The van der Waals surface area contributed by atoms with Gasteiger partial charge in [-0.1, -0.05) is 0 Å². The van der Waals surface area contributed by atoms with Crippen molar-refractivity contribution in [2.45, 2.75) is 13.5 Å². The number of rotatable bonds is 4. The highest BCUT2D eigenvalue weighted by molar-refractivity contribution is 7.11. The number of nitrogens with one attached hydrogen (secondary N) is 1. The van der Waals surface area contributed by atoms with Gasteiger partial charge in [-0.15, -0.1) is 11.3 Å². The fourth-order valence-corrected chi connectivity index (χ4v) is 2.24. The number of nitrogen functional groups attached to an aromatic ring is 1. The fourth-order valence-electron chi connectivity index (χ4n) is 1.51. The molecule has 0 amide bonds. The molecule has 94 valence electrons. The van der Waals surface area contributed by atoms with Gasteiger partial charge in [-0.3, -0.25) is 0 Å². The van der Waals surface area contributed by atoms with Crippen LogP contribution in [-0.4, -0.2) is 16.1 Å². The van der Waals surface area contributed by atoms with Crippen LogP contribution in [0.5, 0.6) is 0 Å². The molecule has 1 aromatic carbocycles. The molecule has 2 aromatic rings. The lowest BCUT2D eigenvalue weighted by Gasteiger charge is -2.08. The number of thiazole rings is 1. The van der Waals surface area contributed by atoms with Crippen LogP contribution in [0.25, 0.3) is 0 Å². The predicted molar refractivity (Wildman–Crippen MR) is 72.0 cm³/mol. The zero-order valence-electron chi connectivity index (χ0n) is 9.80. The molecule has 0 aliphatic carbocycles. The Balaban J connectivity index is 2.08. The van der Waals surface area contributed by atoms with Crippen LogP contribution in [-0.2, 0) is 6.54 Å². The van der Waals surface area contributed by atoms with Crippen molar-refractivity contribution in [3.63, 3.8) is 0 Å². The number of hydrogen-bond acceptors (Lipinski definition) is 5. The average Bonchev–Trinajstić information content (AvgIpc) is 2.73. The molecule has 4 N–H and O–H groups in total. The lowest BCUT2D eigenvalue weighted by atomic mass is 10.2. The molecule has 0 unspecified atom stereocenters. The predicted octanol–water partition coefficient (Wildman–Crippen LogP) is 2.34. The standard InChI is InChI=1S/C12H13N3O2S/c1-7-5-15-11(18-7)6-14-10-3-2-8(12(16)17)4-9(10)13/h2-5,14H,6,13H2,1H3,(H,16,17). The molecule has 2 rings (SSSR count). The minimum absolute atomic E-state index is 0.183. The molecule has 0 aliphatic rings. The van der Waals surface area contributed by atoms with Crippen LogP contribution in [0, 0.1) is 6.92 Å². The Labute approximate surface area is 108 Å². The third-order valence-corrected chi connectivity index (χ3v) is 3.31. The first-order chi connectivity index (χ1) is 8.56. The SMILES string of the molecule is Cc1cnc(CNc2ccc(C(=O)O)cc2N)s1. The number of aryl methyl sites for hydroxylation is 1. The molecule has 18 heavy (non-hydrogen) atoms. The molecule has 0 atom stereocenters. The molecule has 0 spiro atoms. The fraction of sp³-hybridized carbons (Fsp3) is 0.167. The molecule has 0 radical (unpaired) electrons. The molecule has 0 fully saturated rings. The second-order valence-electron chi connectivity index (χ2n) is 3.83. The Hall–Kier alpha value is -2.08. The van der Waals surface area contributed by atoms with Gasteiger partial charge in [-0.05, 0) is 25.1 Å². The minimum atomic E-state index is -0.983. The van der Waals surface area contributed by atoms with Gasteiger partial charge in [0.25, 0.3) is 0 Å². The van der Waals surface area contributed by atoms with E-state index in [2.05, 4.69) is 10.3 Å². The van der Waals surface area contributed by atoms with Crippen LogP contribution in [0.1, 0.15) is 20.2 Å². The maximum absolute atomic E-state index is 10.8. The first-order valence-corrected chi connectivity index (χ1v) is 6.16. The highest BCUT2D eigenvalue weighted by Gasteiger charge is 2.06. The summed E-state index contributed by atoms with van der Waals surface area (Å²) < 4.78 is 0. The van der Waals surface area contributed by atoms with E-state index >= 15 is 0 Å². The summed E-state index contributed by atoms with van der Waals surface area (Å²) in [4.78, 5) is 16.1. The van der Waals surface area contributed by atoms with Crippen molar-refractivity contribution < 1.29 is 9.90 Å².